The van der Waals surface area contributed by atoms with Gasteiger partial charge < -0.3 is 9.64 Å². The van der Waals surface area contributed by atoms with Crippen molar-refractivity contribution in [2.75, 3.05) is 29.3 Å². The van der Waals surface area contributed by atoms with E-state index in [1.165, 1.54) is 25.7 Å². The molecule has 2 aromatic carbocycles. The van der Waals surface area contributed by atoms with Crippen LogP contribution in [-0.2, 0) is 10.0 Å². The summed E-state index contributed by atoms with van der Waals surface area (Å²) in [4.78, 5) is 2.47. The van der Waals surface area contributed by atoms with Gasteiger partial charge >= 0.3 is 0 Å². The molecule has 0 atom stereocenters. The second kappa shape index (κ2) is 11.3. The van der Waals surface area contributed by atoms with Gasteiger partial charge in [-0.3, -0.25) is 4.72 Å². The van der Waals surface area contributed by atoms with Crippen LogP contribution in [0.15, 0.2) is 65.6 Å². The van der Waals surface area contributed by atoms with Gasteiger partial charge in [0.1, 0.15) is 5.75 Å². The molecule has 3 aromatic rings. The highest BCUT2D eigenvalue weighted by atomic mass is 32.2. The molecule has 1 saturated heterocycles. The maximum Gasteiger partial charge on any atom is 0.261 e. The second-order valence-electron chi connectivity index (χ2n) is 8.54. The van der Waals surface area contributed by atoms with Gasteiger partial charge in [0, 0.05) is 24.3 Å². The topological polar surface area (TPSA) is 84.4 Å². The molecular weight excluding hydrogens is 448 g/mol. The van der Waals surface area contributed by atoms with Crippen molar-refractivity contribution in [2.45, 2.75) is 50.3 Å². The zero-order valence-corrected chi connectivity index (χ0v) is 20.4. The number of rotatable bonds is 9. The lowest BCUT2D eigenvalue weighted by atomic mass is 10.1. The van der Waals surface area contributed by atoms with Crippen LogP contribution in [0.5, 0.6) is 5.75 Å². The van der Waals surface area contributed by atoms with Crippen LogP contribution < -0.4 is 14.4 Å². The summed E-state index contributed by atoms with van der Waals surface area (Å²) in [7, 11) is -3.73. The zero-order chi connectivity index (χ0) is 23.8. The van der Waals surface area contributed by atoms with Crippen molar-refractivity contribution in [3.63, 3.8) is 0 Å². The summed E-state index contributed by atoms with van der Waals surface area (Å²) >= 11 is 0. The van der Waals surface area contributed by atoms with Gasteiger partial charge in [0.2, 0.25) is 0 Å². The predicted molar refractivity (Wildman–Crippen MR) is 136 cm³/mol. The van der Waals surface area contributed by atoms with Gasteiger partial charge in [-0.25, -0.2) is 8.42 Å². The number of nitrogens with zero attached hydrogens (tertiary/aromatic N) is 3. The zero-order valence-electron chi connectivity index (χ0n) is 19.6. The van der Waals surface area contributed by atoms with Gasteiger partial charge in [-0.2, -0.15) is 0 Å². The Bertz CT molecular complexity index is 1160. The largest absolute Gasteiger partial charge is 0.494 e. The third-order valence-corrected chi connectivity index (χ3v) is 7.29. The van der Waals surface area contributed by atoms with Crippen LogP contribution in [-0.4, -0.2) is 38.3 Å². The molecule has 2 heterocycles. The molecule has 1 aliphatic heterocycles. The van der Waals surface area contributed by atoms with Gasteiger partial charge in [-0.05, 0) is 67.8 Å². The molecule has 1 aromatic heterocycles. The maximum absolute atomic E-state index is 12.9. The Morgan fingerprint density at radius 3 is 2.38 bits per heavy atom. The number of nitrogens with one attached hydrogen (secondary N) is 1. The van der Waals surface area contributed by atoms with Crippen LogP contribution in [0.2, 0.25) is 0 Å². The number of sulfonamides is 1. The first-order valence-electron chi connectivity index (χ1n) is 12.0. The minimum atomic E-state index is -3.73. The van der Waals surface area contributed by atoms with Gasteiger partial charge in [-0.15, -0.1) is 10.2 Å². The Morgan fingerprint density at radius 2 is 1.71 bits per heavy atom. The van der Waals surface area contributed by atoms with Crippen LogP contribution in [0.4, 0.5) is 11.5 Å². The highest BCUT2D eigenvalue weighted by Crippen LogP contribution is 2.25. The van der Waals surface area contributed by atoms with Crippen LogP contribution in [0.1, 0.15) is 45.4 Å². The normalized spacial score (nSPS) is 14.4. The molecule has 0 unspecified atom stereocenters. The minimum Gasteiger partial charge on any atom is -0.494 e. The minimum absolute atomic E-state index is 0.183. The average molecular weight is 481 g/mol. The monoisotopic (exact) mass is 480 g/mol. The Labute approximate surface area is 202 Å². The lowest BCUT2D eigenvalue weighted by Crippen LogP contribution is -2.25. The predicted octanol–water partition coefficient (Wildman–Crippen LogP) is 5.50. The standard InChI is InChI=1S/C26H32N4O3S/c1-2-3-19-33-23-11-13-24(14-12-23)34(31,32)29-22-10-8-9-21(20-22)25-15-16-26(28-27-25)30-17-6-4-5-7-18-30/h8-16,20,29H,2-7,17-19H2,1H3. The van der Waals surface area contributed by atoms with E-state index in [4.69, 9.17) is 4.74 Å². The van der Waals surface area contributed by atoms with E-state index in [0.29, 0.717) is 23.7 Å². The lowest BCUT2D eigenvalue weighted by Gasteiger charge is -2.20. The molecule has 1 fully saturated rings. The van der Waals surface area contributed by atoms with Crippen molar-refractivity contribution >= 4 is 21.5 Å². The first kappa shape index (κ1) is 24.0. The lowest BCUT2D eigenvalue weighted by molar-refractivity contribution is 0.309. The number of aromatic nitrogens is 2. The van der Waals surface area contributed by atoms with E-state index in [1.807, 2.05) is 24.3 Å². The third-order valence-electron chi connectivity index (χ3n) is 5.89. The molecule has 7 nitrogen and oxygen atoms in total. The van der Waals surface area contributed by atoms with E-state index < -0.39 is 10.0 Å². The van der Waals surface area contributed by atoms with Crippen LogP contribution in [0.25, 0.3) is 11.3 Å². The Morgan fingerprint density at radius 1 is 0.941 bits per heavy atom. The summed E-state index contributed by atoms with van der Waals surface area (Å²) in [5.41, 5.74) is 1.97. The van der Waals surface area contributed by atoms with Crippen molar-refractivity contribution in [3.8, 4) is 17.0 Å². The summed E-state index contributed by atoms with van der Waals surface area (Å²) in [6.07, 6.45) is 6.90. The smallest absolute Gasteiger partial charge is 0.261 e. The molecule has 0 aliphatic carbocycles. The number of anilines is 2. The molecule has 0 spiro atoms. The number of benzene rings is 2. The van der Waals surface area contributed by atoms with Crippen molar-refractivity contribution in [3.05, 3.63) is 60.7 Å². The molecule has 4 rings (SSSR count). The number of hydrogen-bond acceptors (Lipinski definition) is 6. The molecule has 8 heteroatoms. The van der Waals surface area contributed by atoms with Gasteiger partial charge in [0.05, 0.1) is 17.2 Å². The number of hydrogen-bond donors (Lipinski definition) is 1. The molecule has 0 saturated carbocycles. The molecule has 1 aliphatic rings. The summed E-state index contributed by atoms with van der Waals surface area (Å²) in [5.74, 6) is 1.56. The van der Waals surface area contributed by atoms with Crippen molar-refractivity contribution in [1.82, 2.24) is 10.2 Å². The molecule has 180 valence electrons. The van der Waals surface area contributed by atoms with Crippen LogP contribution in [0, 0.1) is 0 Å². The van der Waals surface area contributed by atoms with Crippen LogP contribution in [0.3, 0.4) is 0 Å². The summed E-state index contributed by atoms with van der Waals surface area (Å²) < 4.78 is 34.0. The van der Waals surface area contributed by atoms with Gasteiger partial charge in [-0.1, -0.05) is 38.3 Å². The Hall–Kier alpha value is -3.13. The van der Waals surface area contributed by atoms with E-state index >= 15 is 0 Å². The van der Waals surface area contributed by atoms with Gasteiger partial charge in [0.15, 0.2) is 5.82 Å². The fourth-order valence-corrected chi connectivity index (χ4v) is 5.00. The van der Waals surface area contributed by atoms with E-state index in [0.717, 1.165) is 37.3 Å². The highest BCUT2D eigenvalue weighted by molar-refractivity contribution is 7.92. The SMILES string of the molecule is CCCCOc1ccc(S(=O)(=O)Nc2cccc(-c3ccc(N4CCCCCC4)nn3)c2)cc1. The second-order valence-corrected chi connectivity index (χ2v) is 10.2. The third kappa shape index (κ3) is 6.26. The molecule has 34 heavy (non-hydrogen) atoms. The molecule has 0 radical (unpaired) electrons. The molecule has 1 N–H and O–H groups in total. The van der Waals surface area contributed by atoms with Crippen molar-refractivity contribution in [1.29, 1.82) is 0 Å². The fraction of sp³-hybridized carbons (Fsp3) is 0.385. The van der Waals surface area contributed by atoms with Crippen molar-refractivity contribution in [2.24, 2.45) is 0 Å². The van der Waals surface area contributed by atoms with Gasteiger partial charge in [0.25, 0.3) is 10.0 Å². The first-order valence-corrected chi connectivity index (χ1v) is 13.5. The van der Waals surface area contributed by atoms with E-state index in [2.05, 4.69) is 26.7 Å². The highest BCUT2D eigenvalue weighted by Gasteiger charge is 2.16. The first-order chi connectivity index (χ1) is 16.5. The van der Waals surface area contributed by atoms with E-state index in [-0.39, 0.29) is 4.90 Å². The summed E-state index contributed by atoms with van der Waals surface area (Å²) in [5, 5.41) is 8.84. The summed E-state index contributed by atoms with van der Waals surface area (Å²) in [6.45, 7) is 4.74. The fourth-order valence-electron chi connectivity index (χ4n) is 3.95. The summed E-state index contributed by atoms with van der Waals surface area (Å²) in [6, 6.07) is 17.6. The molecule has 0 amide bonds. The van der Waals surface area contributed by atoms with Crippen molar-refractivity contribution < 1.29 is 13.2 Å². The Kier molecular flexibility index (Phi) is 8.00. The number of unbranched alkanes of at least 4 members (excludes halogenated alkanes) is 1. The molecule has 0 bridgehead atoms. The van der Waals surface area contributed by atoms with E-state index in [9.17, 15) is 8.42 Å². The average Bonchev–Trinajstić information content (AvgIpc) is 3.14. The van der Waals surface area contributed by atoms with Crippen LogP contribution >= 0.6 is 0 Å². The maximum atomic E-state index is 12.9. The van der Waals surface area contributed by atoms with E-state index in [1.54, 1.807) is 36.4 Å². The molecular formula is C26H32N4O3S. The Balaban J connectivity index is 1.44. The quantitative estimate of drug-likeness (QED) is 0.407. The number of ether oxygens (including phenoxy) is 1.